The molecule has 21 heteroatoms. The molecule has 0 aliphatic carbocycles. The van der Waals surface area contributed by atoms with E-state index in [1.54, 1.807) is 126 Å². The number of anilines is 2. The van der Waals surface area contributed by atoms with Gasteiger partial charge in [-0.05, 0) is 84.9 Å². The van der Waals surface area contributed by atoms with E-state index in [0.29, 0.717) is 86.1 Å². The first-order valence-corrected chi connectivity index (χ1v) is 25.6. The van der Waals surface area contributed by atoms with Crippen LogP contribution in [0.2, 0.25) is 5.15 Å². The molecule has 0 saturated carbocycles. The van der Waals surface area contributed by atoms with Crippen molar-refractivity contribution in [2.75, 3.05) is 63.0 Å². The number of carbonyl (C=O) groups is 6. The Morgan fingerprint density at radius 3 is 1.47 bits per heavy atom. The molecule has 0 atom stereocenters. The van der Waals surface area contributed by atoms with Gasteiger partial charge < -0.3 is 30.2 Å². The Labute approximate surface area is 444 Å². The number of carbonyl (C=O) groups excluding carboxylic acids is 6. The number of nitrogens with zero attached hydrogens (tertiary/aromatic N) is 11. The van der Waals surface area contributed by atoms with Crippen LogP contribution in [0.15, 0.2) is 158 Å². The van der Waals surface area contributed by atoms with Gasteiger partial charge >= 0.3 is 0 Å². The summed E-state index contributed by atoms with van der Waals surface area (Å²) in [7, 11) is 0. The lowest BCUT2D eigenvalue weighted by atomic mass is 10.2. The molecule has 11 rings (SSSR count). The minimum Gasteiger partial charge on any atom is -0.338 e. The Hall–Kier alpha value is -9.14. The SMILES string of the molecule is O=C(Nc1ccc2nn(CC(=O)N3CCN(C(=O)c4ccccc4)CC3)cc2c1)c1cccc(Cl)n1.O=C(Nc1ccc2nn(CC(=O)N3CCN(C(=O)c4ccccc4)CC3)cc2c1)c1csc(-c2ccncc2)n1. The molecular formula is C55H48ClN13O6S. The number of nitrogens with one attached hydrogen (secondary N) is 2. The van der Waals surface area contributed by atoms with Crippen LogP contribution in [0.3, 0.4) is 0 Å². The van der Waals surface area contributed by atoms with Crippen molar-refractivity contribution in [3.8, 4) is 10.6 Å². The fraction of sp³-hybridized carbons (Fsp3) is 0.182. The van der Waals surface area contributed by atoms with E-state index < -0.39 is 0 Å². The van der Waals surface area contributed by atoms with E-state index in [2.05, 4.69) is 35.8 Å². The monoisotopic (exact) mass is 1050 g/mol. The lowest BCUT2D eigenvalue weighted by Gasteiger charge is -2.34. The van der Waals surface area contributed by atoms with E-state index in [-0.39, 0.29) is 59.4 Å². The minimum absolute atomic E-state index is 0.0158. The Morgan fingerprint density at radius 1 is 0.513 bits per heavy atom. The zero-order valence-corrected chi connectivity index (χ0v) is 42.3. The van der Waals surface area contributed by atoms with Crippen LogP contribution in [0.25, 0.3) is 32.4 Å². The molecule has 7 heterocycles. The Bertz CT molecular complexity index is 3580. The summed E-state index contributed by atoms with van der Waals surface area (Å²) in [5, 5.41) is 19.0. The second-order valence-corrected chi connectivity index (χ2v) is 19.1. The maximum Gasteiger partial charge on any atom is 0.275 e. The van der Waals surface area contributed by atoms with Gasteiger partial charge in [-0.3, -0.25) is 43.1 Å². The number of benzene rings is 4. The van der Waals surface area contributed by atoms with E-state index in [1.165, 1.54) is 11.3 Å². The summed E-state index contributed by atoms with van der Waals surface area (Å²) in [6, 6.07) is 37.6. The van der Waals surface area contributed by atoms with E-state index in [4.69, 9.17) is 11.6 Å². The van der Waals surface area contributed by atoms with Gasteiger partial charge in [0.1, 0.15) is 34.6 Å². The van der Waals surface area contributed by atoms with Gasteiger partial charge in [0.05, 0.1) is 11.0 Å². The lowest BCUT2D eigenvalue weighted by Crippen LogP contribution is -2.51. The Balaban J connectivity index is 0.000000174. The zero-order chi connectivity index (χ0) is 52.5. The van der Waals surface area contributed by atoms with Crippen LogP contribution in [0.5, 0.6) is 0 Å². The standard InChI is InChI=1S/C29H25N7O3S.C26H23ClN6O3/c37-26(34-12-14-35(15-13-34)29(39)21-4-2-1-3-5-21)18-36-17-22-16-23(6-7-24(22)33-36)31-27(38)25-19-40-28(32-25)20-8-10-30-11-9-20;27-23-8-4-7-22(29-23)25(35)28-20-9-10-21-19(15-20)16-33(30-21)17-24(34)31-11-13-32(14-12-31)26(36)18-5-2-1-3-6-18/h1-11,16-17,19H,12-15,18H2,(H,31,38);1-10,15-16H,11-14,17H2,(H,28,35). The quantitative estimate of drug-likeness (QED) is 0.125. The smallest absolute Gasteiger partial charge is 0.275 e. The third kappa shape index (κ3) is 12.1. The first kappa shape index (κ1) is 50.4. The van der Waals surface area contributed by atoms with Crippen LogP contribution in [0, 0.1) is 0 Å². The number of rotatable bonds is 11. The summed E-state index contributed by atoms with van der Waals surface area (Å²) in [6.07, 6.45) is 6.95. The van der Waals surface area contributed by atoms with Gasteiger partial charge in [0.2, 0.25) is 11.8 Å². The van der Waals surface area contributed by atoms with Gasteiger partial charge in [0.15, 0.2) is 0 Å². The van der Waals surface area contributed by atoms with Gasteiger partial charge in [-0.2, -0.15) is 10.2 Å². The highest BCUT2D eigenvalue weighted by Gasteiger charge is 2.27. The molecule has 0 bridgehead atoms. The number of aromatic nitrogens is 7. The average Bonchev–Trinajstić information content (AvgIpc) is 4.22. The van der Waals surface area contributed by atoms with Crippen LogP contribution in [0.1, 0.15) is 41.7 Å². The molecule has 2 N–H and O–H groups in total. The van der Waals surface area contributed by atoms with Gasteiger partial charge in [0.25, 0.3) is 23.6 Å². The highest BCUT2D eigenvalue weighted by Crippen LogP contribution is 2.25. The third-order valence-corrected chi connectivity index (χ3v) is 13.8. The molecule has 0 unspecified atom stereocenters. The minimum atomic E-state index is -0.371. The number of thiazole rings is 1. The van der Waals surface area contributed by atoms with Crippen LogP contribution in [-0.4, -0.2) is 142 Å². The fourth-order valence-electron chi connectivity index (χ4n) is 8.72. The van der Waals surface area contributed by atoms with Crippen molar-refractivity contribution in [1.82, 2.24) is 54.1 Å². The maximum atomic E-state index is 13.0. The molecule has 2 aliphatic heterocycles. The number of fused-ring (bicyclic) bond motifs is 2. The number of piperazine rings is 2. The Morgan fingerprint density at radius 2 is 0.987 bits per heavy atom. The molecule has 382 valence electrons. The summed E-state index contributed by atoms with van der Waals surface area (Å²) in [5.74, 6) is -0.822. The van der Waals surface area contributed by atoms with Crippen LogP contribution in [0.4, 0.5) is 11.4 Å². The summed E-state index contributed by atoms with van der Waals surface area (Å²) >= 11 is 7.26. The second-order valence-electron chi connectivity index (χ2n) is 17.8. The molecule has 4 aromatic carbocycles. The zero-order valence-electron chi connectivity index (χ0n) is 40.7. The fourth-order valence-corrected chi connectivity index (χ4v) is 9.69. The predicted octanol–water partition coefficient (Wildman–Crippen LogP) is 7.11. The van der Waals surface area contributed by atoms with Gasteiger partial charge in [-0.25, -0.2) is 9.97 Å². The summed E-state index contributed by atoms with van der Waals surface area (Å²) in [6.45, 7) is 4.07. The van der Waals surface area contributed by atoms with Crippen molar-refractivity contribution in [2.24, 2.45) is 0 Å². The first-order valence-electron chi connectivity index (χ1n) is 24.3. The number of amides is 6. The van der Waals surface area contributed by atoms with Crippen molar-refractivity contribution in [1.29, 1.82) is 0 Å². The molecular weight excluding hydrogens is 1010 g/mol. The van der Waals surface area contributed by atoms with Crippen molar-refractivity contribution in [3.63, 3.8) is 0 Å². The number of pyridine rings is 2. The molecule has 9 aromatic rings. The molecule has 0 radical (unpaired) electrons. The molecule has 76 heavy (non-hydrogen) atoms. The predicted molar refractivity (Wildman–Crippen MR) is 288 cm³/mol. The molecule has 0 spiro atoms. The van der Waals surface area contributed by atoms with E-state index in [0.717, 1.165) is 26.9 Å². The highest BCUT2D eigenvalue weighted by molar-refractivity contribution is 7.13. The third-order valence-electron chi connectivity index (χ3n) is 12.7. The van der Waals surface area contributed by atoms with Gasteiger partial charge in [-0.15, -0.1) is 11.3 Å². The van der Waals surface area contributed by atoms with Gasteiger partial charge in [-0.1, -0.05) is 54.1 Å². The lowest BCUT2D eigenvalue weighted by molar-refractivity contribution is -0.134. The van der Waals surface area contributed by atoms with Crippen molar-refractivity contribution >= 4 is 91.6 Å². The van der Waals surface area contributed by atoms with Crippen molar-refractivity contribution in [3.05, 3.63) is 185 Å². The van der Waals surface area contributed by atoms with Gasteiger partial charge in [0, 0.05) is 121 Å². The van der Waals surface area contributed by atoms with Crippen LogP contribution in [-0.2, 0) is 22.7 Å². The molecule has 6 amide bonds. The molecule has 19 nitrogen and oxygen atoms in total. The highest BCUT2D eigenvalue weighted by atomic mass is 35.5. The largest absolute Gasteiger partial charge is 0.338 e. The topological polar surface area (TPSA) is 214 Å². The maximum absolute atomic E-state index is 13.0. The van der Waals surface area contributed by atoms with E-state index >= 15 is 0 Å². The molecule has 2 aliphatic rings. The summed E-state index contributed by atoms with van der Waals surface area (Å²) < 4.78 is 3.21. The average molecular weight is 1050 g/mol. The van der Waals surface area contributed by atoms with Crippen molar-refractivity contribution < 1.29 is 28.8 Å². The Kier molecular flexibility index (Phi) is 15.2. The van der Waals surface area contributed by atoms with Crippen LogP contribution >= 0.6 is 22.9 Å². The molecule has 5 aromatic heterocycles. The molecule has 2 fully saturated rings. The number of hydrogen-bond acceptors (Lipinski definition) is 12. The summed E-state index contributed by atoms with van der Waals surface area (Å²) in [4.78, 5) is 95.9. The number of hydrogen-bond donors (Lipinski definition) is 2. The summed E-state index contributed by atoms with van der Waals surface area (Å²) in [5.41, 5.74) is 5.39. The second kappa shape index (κ2) is 23.0. The first-order chi connectivity index (χ1) is 37.0. The number of halogens is 1. The van der Waals surface area contributed by atoms with E-state index in [9.17, 15) is 28.8 Å². The van der Waals surface area contributed by atoms with E-state index in [1.807, 2.05) is 60.7 Å². The van der Waals surface area contributed by atoms with Crippen LogP contribution < -0.4 is 10.6 Å². The van der Waals surface area contributed by atoms with Crippen molar-refractivity contribution in [2.45, 2.75) is 13.1 Å². The molecule has 2 saturated heterocycles. The normalized spacial score (nSPS) is 13.5.